The molecule has 1 aliphatic carbocycles. The normalized spacial score (nSPS) is 16.5. The number of anilines is 2. The lowest BCUT2D eigenvalue weighted by molar-refractivity contribution is -0.117. The van der Waals surface area contributed by atoms with Crippen molar-refractivity contribution in [3.05, 3.63) is 24.0 Å². The van der Waals surface area contributed by atoms with Crippen molar-refractivity contribution >= 4 is 17.3 Å². The van der Waals surface area contributed by atoms with Gasteiger partial charge in [0.15, 0.2) is 0 Å². The topological polar surface area (TPSA) is 55.1 Å². The minimum atomic E-state index is -0.392. The Morgan fingerprint density at radius 3 is 2.78 bits per heavy atom. The van der Waals surface area contributed by atoms with Crippen LogP contribution in [0.15, 0.2) is 18.2 Å². The van der Waals surface area contributed by atoms with Gasteiger partial charge < -0.3 is 11.1 Å². The van der Waals surface area contributed by atoms with Gasteiger partial charge in [0, 0.05) is 6.42 Å². The number of carbonyl (C=O) groups excluding carboxylic acids is 1. The van der Waals surface area contributed by atoms with Crippen LogP contribution in [0.25, 0.3) is 0 Å². The van der Waals surface area contributed by atoms with Crippen LogP contribution >= 0.6 is 0 Å². The maximum Gasteiger partial charge on any atom is 0.224 e. The monoisotopic (exact) mass is 250 g/mol. The first-order chi connectivity index (χ1) is 8.65. The number of benzene rings is 1. The van der Waals surface area contributed by atoms with Gasteiger partial charge in [-0.1, -0.05) is 19.3 Å². The number of rotatable bonds is 3. The van der Waals surface area contributed by atoms with Crippen molar-refractivity contribution in [2.75, 3.05) is 11.1 Å². The van der Waals surface area contributed by atoms with E-state index >= 15 is 0 Å². The molecule has 3 nitrogen and oxygen atoms in total. The number of hydrogen-bond acceptors (Lipinski definition) is 2. The Morgan fingerprint density at radius 1 is 1.33 bits per heavy atom. The number of nitrogen functional groups attached to an aromatic ring is 1. The lowest BCUT2D eigenvalue weighted by Gasteiger charge is -2.21. The van der Waals surface area contributed by atoms with Gasteiger partial charge in [-0.3, -0.25) is 4.79 Å². The predicted molar refractivity (Wildman–Crippen MR) is 70.6 cm³/mol. The number of nitrogens with one attached hydrogen (secondary N) is 1. The molecule has 0 heterocycles. The van der Waals surface area contributed by atoms with E-state index in [1.165, 1.54) is 37.5 Å². The fourth-order valence-corrected chi connectivity index (χ4v) is 2.49. The second kappa shape index (κ2) is 5.85. The highest BCUT2D eigenvalue weighted by atomic mass is 19.1. The average molecular weight is 250 g/mol. The summed E-state index contributed by atoms with van der Waals surface area (Å²) in [4.78, 5) is 11.9. The molecule has 0 spiro atoms. The minimum Gasteiger partial charge on any atom is -0.397 e. The largest absolute Gasteiger partial charge is 0.397 e. The van der Waals surface area contributed by atoms with E-state index in [4.69, 9.17) is 5.73 Å². The molecule has 18 heavy (non-hydrogen) atoms. The molecule has 1 aromatic rings. The molecule has 0 saturated heterocycles. The van der Waals surface area contributed by atoms with Gasteiger partial charge >= 0.3 is 0 Å². The molecule has 4 heteroatoms. The van der Waals surface area contributed by atoms with E-state index in [9.17, 15) is 9.18 Å². The lowest BCUT2D eigenvalue weighted by atomic mass is 9.87. The van der Waals surface area contributed by atoms with Crippen LogP contribution in [0.4, 0.5) is 15.8 Å². The molecule has 2 rings (SSSR count). The van der Waals surface area contributed by atoms with Crippen molar-refractivity contribution in [2.45, 2.75) is 38.5 Å². The Kier molecular flexibility index (Phi) is 4.18. The van der Waals surface area contributed by atoms with Gasteiger partial charge in [0.2, 0.25) is 5.91 Å². The molecule has 0 bridgehead atoms. The number of carbonyl (C=O) groups is 1. The Morgan fingerprint density at radius 2 is 2.06 bits per heavy atom. The van der Waals surface area contributed by atoms with Crippen LogP contribution in [0.3, 0.4) is 0 Å². The molecule has 98 valence electrons. The summed E-state index contributed by atoms with van der Waals surface area (Å²) in [5.41, 5.74) is 6.46. The molecule has 0 atom stereocenters. The average Bonchev–Trinajstić information content (AvgIpc) is 2.35. The van der Waals surface area contributed by atoms with E-state index in [1.807, 2.05) is 0 Å². The molecule has 1 amide bonds. The summed E-state index contributed by atoms with van der Waals surface area (Å²) in [5, 5.41) is 2.69. The molecule has 3 N–H and O–H groups in total. The van der Waals surface area contributed by atoms with Crippen LogP contribution in [-0.4, -0.2) is 5.91 Å². The van der Waals surface area contributed by atoms with Crippen molar-refractivity contribution in [3.63, 3.8) is 0 Å². The minimum absolute atomic E-state index is 0.0702. The van der Waals surface area contributed by atoms with Crippen molar-refractivity contribution in [2.24, 2.45) is 5.92 Å². The van der Waals surface area contributed by atoms with Crippen LogP contribution in [-0.2, 0) is 4.79 Å². The van der Waals surface area contributed by atoms with Crippen LogP contribution < -0.4 is 11.1 Å². The summed E-state index contributed by atoms with van der Waals surface area (Å²) in [6.07, 6.45) is 6.43. The SMILES string of the molecule is Nc1ccc(F)cc1NC(=O)CC1CCCCC1. The first-order valence-corrected chi connectivity index (χ1v) is 6.50. The van der Waals surface area contributed by atoms with E-state index in [-0.39, 0.29) is 5.91 Å². The highest BCUT2D eigenvalue weighted by Crippen LogP contribution is 2.27. The van der Waals surface area contributed by atoms with Crippen molar-refractivity contribution in [3.8, 4) is 0 Å². The zero-order valence-electron chi connectivity index (χ0n) is 10.4. The molecule has 1 aliphatic rings. The summed E-state index contributed by atoms with van der Waals surface area (Å²) < 4.78 is 13.0. The quantitative estimate of drug-likeness (QED) is 0.808. The Balaban J connectivity index is 1.92. The van der Waals surface area contributed by atoms with Crippen LogP contribution in [0, 0.1) is 11.7 Å². The van der Waals surface area contributed by atoms with E-state index in [2.05, 4.69) is 5.32 Å². The van der Waals surface area contributed by atoms with Gasteiger partial charge in [0.05, 0.1) is 11.4 Å². The van der Waals surface area contributed by atoms with Gasteiger partial charge in [0.1, 0.15) is 5.82 Å². The van der Waals surface area contributed by atoms with Crippen molar-refractivity contribution in [1.82, 2.24) is 0 Å². The zero-order chi connectivity index (χ0) is 13.0. The Hall–Kier alpha value is -1.58. The molecule has 1 aromatic carbocycles. The first kappa shape index (κ1) is 12.9. The molecule has 0 unspecified atom stereocenters. The van der Waals surface area contributed by atoms with Gasteiger partial charge in [-0.15, -0.1) is 0 Å². The Labute approximate surface area is 107 Å². The number of halogens is 1. The van der Waals surface area contributed by atoms with E-state index in [0.717, 1.165) is 12.8 Å². The van der Waals surface area contributed by atoms with Gasteiger partial charge in [-0.2, -0.15) is 0 Å². The molecular formula is C14H19FN2O. The maximum absolute atomic E-state index is 13.0. The fourth-order valence-electron chi connectivity index (χ4n) is 2.49. The first-order valence-electron chi connectivity index (χ1n) is 6.50. The van der Waals surface area contributed by atoms with E-state index in [1.54, 1.807) is 0 Å². The van der Waals surface area contributed by atoms with Gasteiger partial charge in [-0.25, -0.2) is 4.39 Å². The lowest BCUT2D eigenvalue weighted by Crippen LogP contribution is -2.19. The van der Waals surface area contributed by atoms with E-state index in [0.29, 0.717) is 23.7 Å². The number of amides is 1. The van der Waals surface area contributed by atoms with Crippen molar-refractivity contribution in [1.29, 1.82) is 0 Å². The highest BCUT2D eigenvalue weighted by Gasteiger charge is 2.17. The molecule has 0 aromatic heterocycles. The second-order valence-electron chi connectivity index (χ2n) is 4.99. The van der Waals surface area contributed by atoms with Crippen LogP contribution in [0.2, 0.25) is 0 Å². The summed E-state index contributed by atoms with van der Waals surface area (Å²) in [6.45, 7) is 0. The fraction of sp³-hybridized carbons (Fsp3) is 0.500. The van der Waals surface area contributed by atoms with Crippen molar-refractivity contribution < 1.29 is 9.18 Å². The third-order valence-electron chi connectivity index (χ3n) is 3.49. The van der Waals surface area contributed by atoms with Crippen LogP contribution in [0.1, 0.15) is 38.5 Å². The summed E-state index contributed by atoms with van der Waals surface area (Å²) in [5.74, 6) is 0.00454. The van der Waals surface area contributed by atoms with Gasteiger partial charge in [0.25, 0.3) is 0 Å². The maximum atomic E-state index is 13.0. The van der Waals surface area contributed by atoms with E-state index < -0.39 is 5.82 Å². The molecule has 0 aliphatic heterocycles. The zero-order valence-corrected chi connectivity index (χ0v) is 10.4. The molecule has 0 radical (unpaired) electrons. The Bertz CT molecular complexity index is 428. The predicted octanol–water partition coefficient (Wildman–Crippen LogP) is 3.32. The second-order valence-corrected chi connectivity index (χ2v) is 4.99. The summed E-state index contributed by atoms with van der Waals surface area (Å²) in [6, 6.07) is 4.01. The summed E-state index contributed by atoms with van der Waals surface area (Å²) in [7, 11) is 0. The third-order valence-corrected chi connectivity index (χ3v) is 3.49. The molecule has 1 fully saturated rings. The summed E-state index contributed by atoms with van der Waals surface area (Å²) >= 11 is 0. The smallest absolute Gasteiger partial charge is 0.224 e. The van der Waals surface area contributed by atoms with Gasteiger partial charge in [-0.05, 0) is 37.0 Å². The third kappa shape index (κ3) is 3.45. The number of nitrogens with two attached hydrogens (primary N) is 1. The molecule has 1 saturated carbocycles. The molecular weight excluding hydrogens is 231 g/mol. The standard InChI is InChI=1S/C14H19FN2O/c15-11-6-7-12(16)13(9-11)17-14(18)8-10-4-2-1-3-5-10/h6-7,9-10H,1-5,8,16H2,(H,17,18). The highest BCUT2D eigenvalue weighted by molar-refractivity contribution is 5.93. The van der Waals surface area contributed by atoms with Crippen LogP contribution in [0.5, 0.6) is 0 Å². The number of hydrogen-bond donors (Lipinski definition) is 2.